The molecule has 2 saturated heterocycles. The Morgan fingerprint density at radius 3 is 1.54 bits per heavy atom. The van der Waals surface area contributed by atoms with Gasteiger partial charge in [-0.15, -0.1) is 5.26 Å². The molecule has 0 aromatic heterocycles. The number of amides is 2. The summed E-state index contributed by atoms with van der Waals surface area (Å²) in [7, 11) is -6.94. The number of nitrogens with one attached hydrogen (secondary N) is 2. The lowest BCUT2D eigenvalue weighted by Crippen LogP contribution is -2.46. The molecule has 2 aromatic carbocycles. The molecule has 0 atom stereocenters. The highest BCUT2D eigenvalue weighted by Crippen LogP contribution is 2.40. The normalized spacial score (nSPS) is 20.0. The zero-order chi connectivity index (χ0) is 38.5. The van der Waals surface area contributed by atoms with Gasteiger partial charge in [-0.05, 0) is 187 Å². The SMILES string of the molecule is CCN1CCC(S(=O)(=O)NC(=O)Nc2c3c(cc4c2CCC4)CCC3)CC1.CCN1CCC(S(N)(=O)=O)CC1.N#COc1c2c(cc3c1CCC3)CCC2. The topological polar surface area (TPSA) is 175 Å². The summed E-state index contributed by atoms with van der Waals surface area (Å²) < 4.78 is 54.7. The molecule has 4 N–H and O–H groups in total. The van der Waals surface area contributed by atoms with Crippen LogP contribution < -0.4 is 19.9 Å². The van der Waals surface area contributed by atoms with Crippen LogP contribution in [0.25, 0.3) is 0 Å². The minimum absolute atomic E-state index is 0.305. The van der Waals surface area contributed by atoms with Crippen molar-refractivity contribution in [2.45, 2.75) is 127 Å². The Morgan fingerprint density at radius 2 is 1.13 bits per heavy atom. The second kappa shape index (κ2) is 17.7. The number of benzene rings is 2. The number of sulfonamides is 2. The van der Waals surface area contributed by atoms with Crippen LogP contribution in [0.5, 0.6) is 5.75 Å². The summed E-state index contributed by atoms with van der Waals surface area (Å²) in [5.74, 6) is 0.903. The van der Waals surface area contributed by atoms with Crippen molar-refractivity contribution in [1.29, 1.82) is 5.26 Å². The van der Waals surface area contributed by atoms with E-state index >= 15 is 0 Å². The van der Waals surface area contributed by atoms with Crippen molar-refractivity contribution >= 4 is 31.8 Å². The molecule has 0 bridgehead atoms. The molecule has 0 saturated carbocycles. The number of rotatable bonds is 7. The predicted octanol–water partition coefficient (Wildman–Crippen LogP) is 4.88. The van der Waals surface area contributed by atoms with E-state index in [4.69, 9.17) is 15.1 Å². The van der Waals surface area contributed by atoms with E-state index in [1.807, 2.05) is 6.26 Å². The summed E-state index contributed by atoms with van der Waals surface area (Å²) >= 11 is 0. The van der Waals surface area contributed by atoms with E-state index in [9.17, 15) is 21.6 Å². The van der Waals surface area contributed by atoms with Crippen LogP contribution in [0.1, 0.15) is 110 Å². The van der Waals surface area contributed by atoms with Crippen LogP contribution in [0.15, 0.2) is 12.1 Å². The molecule has 2 aromatic rings. The maximum atomic E-state index is 12.7. The third kappa shape index (κ3) is 9.41. The molecule has 54 heavy (non-hydrogen) atoms. The highest BCUT2D eigenvalue weighted by molar-refractivity contribution is 7.90. The minimum atomic E-state index is -3.65. The van der Waals surface area contributed by atoms with Gasteiger partial charge in [-0.1, -0.05) is 26.0 Å². The Kier molecular flexibility index (Phi) is 13.3. The Bertz CT molecular complexity index is 1880. The van der Waals surface area contributed by atoms with Gasteiger partial charge in [0, 0.05) is 5.69 Å². The first-order valence-electron chi connectivity index (χ1n) is 20.1. The second-order valence-electron chi connectivity index (χ2n) is 15.6. The van der Waals surface area contributed by atoms with Gasteiger partial charge in [0.1, 0.15) is 5.75 Å². The summed E-state index contributed by atoms with van der Waals surface area (Å²) in [5, 5.41) is 15.9. The summed E-state index contributed by atoms with van der Waals surface area (Å²) in [5.41, 5.74) is 11.4. The van der Waals surface area contributed by atoms with Crippen LogP contribution in [0.4, 0.5) is 10.5 Å². The van der Waals surface area contributed by atoms with Gasteiger partial charge >= 0.3 is 6.03 Å². The summed E-state index contributed by atoms with van der Waals surface area (Å²) in [4.78, 5) is 17.1. The molecule has 12 nitrogen and oxygen atoms in total. The van der Waals surface area contributed by atoms with Crippen LogP contribution in [-0.2, 0) is 71.4 Å². The summed E-state index contributed by atoms with van der Waals surface area (Å²) in [6.07, 6.45) is 17.5. The van der Waals surface area contributed by atoms with Crippen molar-refractivity contribution in [2.75, 3.05) is 44.6 Å². The van der Waals surface area contributed by atoms with E-state index < -0.39 is 31.3 Å². The number of carbonyl (C=O) groups excluding carboxylic acids is 1. The number of ether oxygens (including phenoxy) is 1. The van der Waals surface area contributed by atoms with Crippen molar-refractivity contribution < 1.29 is 26.4 Å². The van der Waals surface area contributed by atoms with Crippen molar-refractivity contribution in [3.63, 3.8) is 0 Å². The van der Waals surface area contributed by atoms with Crippen LogP contribution >= 0.6 is 0 Å². The third-order valence-electron chi connectivity index (χ3n) is 12.4. The monoisotopic (exact) mass is 782 g/mol. The number of piperidine rings is 2. The second-order valence-corrected chi connectivity index (χ2v) is 19.4. The third-order valence-corrected chi connectivity index (χ3v) is 15.6. The number of anilines is 1. The lowest BCUT2D eigenvalue weighted by Gasteiger charge is -2.30. The predicted molar refractivity (Wildman–Crippen MR) is 212 cm³/mol. The van der Waals surface area contributed by atoms with Crippen LogP contribution in [-0.4, -0.2) is 82.4 Å². The molecular formula is C40H58N6O6S2. The van der Waals surface area contributed by atoms with E-state index in [-0.39, 0.29) is 5.25 Å². The number of nitrogens with zero attached hydrogens (tertiary/aromatic N) is 3. The molecule has 2 heterocycles. The molecule has 0 spiro atoms. The average molecular weight is 783 g/mol. The smallest absolute Gasteiger partial charge is 0.332 e. The Morgan fingerprint density at radius 1 is 0.722 bits per heavy atom. The number of aryl methyl sites for hydroxylation is 4. The molecule has 2 aliphatic heterocycles. The van der Waals surface area contributed by atoms with E-state index in [0.717, 1.165) is 115 Å². The molecule has 0 unspecified atom stereocenters. The number of hydrogen-bond donors (Lipinski definition) is 3. The van der Waals surface area contributed by atoms with E-state index in [1.54, 1.807) is 0 Å². The number of fused-ring (bicyclic) bond motifs is 4. The first-order valence-corrected chi connectivity index (χ1v) is 23.2. The van der Waals surface area contributed by atoms with E-state index in [2.05, 4.69) is 45.8 Å². The van der Waals surface area contributed by atoms with Gasteiger partial charge in [0.25, 0.3) is 6.26 Å². The number of likely N-dealkylation sites (tertiary alicyclic amines) is 2. The minimum Gasteiger partial charge on any atom is -0.387 e. The van der Waals surface area contributed by atoms with Crippen molar-refractivity contribution in [3.8, 4) is 12.0 Å². The zero-order valence-corrected chi connectivity index (χ0v) is 33.7. The molecule has 6 aliphatic rings. The van der Waals surface area contributed by atoms with Crippen molar-refractivity contribution in [1.82, 2.24) is 14.5 Å². The Hall–Kier alpha value is -3.22. The van der Waals surface area contributed by atoms with Crippen molar-refractivity contribution in [2.24, 2.45) is 5.14 Å². The fourth-order valence-corrected chi connectivity index (χ4v) is 11.5. The van der Waals surface area contributed by atoms with Gasteiger partial charge in [0.05, 0.1) is 10.5 Å². The average Bonchev–Trinajstić information content (AvgIpc) is 3.99. The first-order chi connectivity index (χ1) is 25.9. The number of primary sulfonamides is 1. The highest BCUT2D eigenvalue weighted by atomic mass is 32.2. The number of carbonyl (C=O) groups is 1. The lowest BCUT2D eigenvalue weighted by atomic mass is 9.99. The van der Waals surface area contributed by atoms with Crippen LogP contribution in [0.2, 0.25) is 0 Å². The van der Waals surface area contributed by atoms with Gasteiger partial charge in [-0.3, -0.25) is 0 Å². The fraction of sp³-hybridized carbons (Fsp3) is 0.650. The van der Waals surface area contributed by atoms with Gasteiger partial charge in [-0.25, -0.2) is 31.5 Å². The Labute approximate surface area is 322 Å². The van der Waals surface area contributed by atoms with E-state index in [1.165, 1.54) is 57.3 Å². The number of urea groups is 1. The van der Waals surface area contributed by atoms with Gasteiger partial charge < -0.3 is 19.9 Å². The standard InChI is InChI=1S/C20H29N3O3S.C13H13NO.C7H16N2O2S/c1-2-23-11-9-16(10-12-23)27(25,26)22-20(24)21-19-17-7-3-5-14(17)13-15-6-4-8-18(15)19;14-8-15-13-11-5-1-3-9(11)7-10-4-2-6-12(10)13;1-2-9-5-3-7(4-6-9)12(8,10)11/h13,16H,2-12H2,1H3,(H2,21,22,24);7H,1-6H2;7H,2-6H2,1H3,(H2,8,10,11). The molecular weight excluding hydrogens is 725 g/mol. The Balaban J connectivity index is 0.000000154. The van der Waals surface area contributed by atoms with Crippen molar-refractivity contribution in [3.05, 3.63) is 56.6 Å². The molecule has 14 heteroatoms. The number of nitrogens with two attached hydrogens (primary N) is 1. The fourth-order valence-electron chi connectivity index (χ4n) is 9.34. The number of nitriles is 1. The molecule has 2 fully saturated rings. The molecule has 2 amide bonds. The molecule has 8 rings (SSSR count). The highest BCUT2D eigenvalue weighted by Gasteiger charge is 2.32. The maximum absolute atomic E-state index is 12.7. The van der Waals surface area contributed by atoms with Gasteiger partial charge in [0.15, 0.2) is 0 Å². The summed E-state index contributed by atoms with van der Waals surface area (Å²) in [6, 6.07) is 4.03. The van der Waals surface area contributed by atoms with Crippen LogP contribution in [0, 0.1) is 11.5 Å². The molecule has 296 valence electrons. The zero-order valence-electron chi connectivity index (χ0n) is 32.1. The lowest BCUT2D eigenvalue weighted by molar-refractivity contribution is 0.240. The quantitative estimate of drug-likeness (QED) is 0.331. The van der Waals surface area contributed by atoms with Gasteiger partial charge in [0.2, 0.25) is 20.0 Å². The number of hydrogen-bond acceptors (Lipinski definition) is 9. The molecule has 4 aliphatic carbocycles. The summed E-state index contributed by atoms with van der Waals surface area (Å²) in [6.45, 7) is 9.35. The largest absolute Gasteiger partial charge is 0.387 e. The van der Waals surface area contributed by atoms with E-state index in [0.29, 0.717) is 25.7 Å². The maximum Gasteiger partial charge on any atom is 0.332 e. The molecule has 0 radical (unpaired) electrons. The first kappa shape index (κ1) is 40.4. The van der Waals surface area contributed by atoms with Gasteiger partial charge in [-0.2, -0.15) is 0 Å². The van der Waals surface area contributed by atoms with Crippen LogP contribution in [0.3, 0.4) is 0 Å².